The lowest BCUT2D eigenvalue weighted by molar-refractivity contribution is -0.379. The van der Waals surface area contributed by atoms with Crippen LogP contribution in [0.15, 0.2) is 24.3 Å². The van der Waals surface area contributed by atoms with Gasteiger partial charge >= 0.3 is 0 Å². The Morgan fingerprint density at radius 3 is 1.07 bits per heavy atom. The number of amides is 1. The van der Waals surface area contributed by atoms with Gasteiger partial charge in [0.1, 0.15) is 73.2 Å². The summed E-state index contributed by atoms with van der Waals surface area (Å²) in [6.45, 7) is 1.81. The third-order valence-electron chi connectivity index (χ3n) is 19.8. The molecule has 0 aromatic heterocycles. The van der Waals surface area contributed by atoms with E-state index in [-0.39, 0.29) is 18.9 Å². The molecule has 3 fully saturated rings. The predicted molar refractivity (Wildman–Crippen MR) is 374 cm³/mol. The third kappa shape index (κ3) is 38.8. The molecule has 3 aliphatic heterocycles. The van der Waals surface area contributed by atoms with Crippen molar-refractivity contribution in [2.75, 3.05) is 26.4 Å². The summed E-state index contributed by atoms with van der Waals surface area (Å²) in [6, 6.07) is -0.883. The van der Waals surface area contributed by atoms with E-state index in [1.165, 1.54) is 238 Å². The van der Waals surface area contributed by atoms with Gasteiger partial charge in [0.15, 0.2) is 18.9 Å². The number of aliphatic hydroxyl groups is 11. The second kappa shape index (κ2) is 57.8. The number of carbonyl (C=O) groups excluding carboxylic acids is 1. The van der Waals surface area contributed by atoms with E-state index in [0.29, 0.717) is 12.8 Å². The van der Waals surface area contributed by atoms with E-state index >= 15 is 0 Å². The molecule has 0 aromatic carbocycles. The van der Waals surface area contributed by atoms with Crippen molar-refractivity contribution < 1.29 is 89.4 Å². The quantitative estimate of drug-likeness (QED) is 0.0199. The van der Waals surface area contributed by atoms with E-state index in [9.17, 15) is 61.0 Å². The largest absolute Gasteiger partial charge is 0.394 e. The average molecular weight is 1360 g/mol. The SMILES string of the molecule is CCCCCCC/C=C\C/C=C\CCCCCCCCCCCCCCCCCCCCCCCCCCCC(=O)NC(COC1OC(CO)C(OC2OC(CO)C(OC3OC(CO)C(O)C(O)C3O)C(O)C2O)C(O)C1O)C(O)CCCCCCCCCCCCCCC. The number of rotatable bonds is 62. The van der Waals surface area contributed by atoms with Crippen LogP contribution in [0.1, 0.15) is 322 Å². The molecule has 17 atom stereocenters. The third-order valence-corrected chi connectivity index (χ3v) is 19.8. The lowest BCUT2D eigenvalue weighted by Gasteiger charge is -2.48. The molecule has 0 spiro atoms. The van der Waals surface area contributed by atoms with Crippen molar-refractivity contribution in [3.8, 4) is 0 Å². The molecule has 0 aromatic rings. The first kappa shape index (κ1) is 87.5. The number of hydrogen-bond donors (Lipinski definition) is 12. The van der Waals surface area contributed by atoms with E-state index in [0.717, 1.165) is 51.4 Å². The van der Waals surface area contributed by atoms with Crippen LogP contribution in [0, 0.1) is 0 Å². The van der Waals surface area contributed by atoms with Crippen LogP contribution in [-0.4, -0.2) is 193 Å². The molecule has 19 nitrogen and oxygen atoms in total. The molecule has 95 heavy (non-hydrogen) atoms. The maximum Gasteiger partial charge on any atom is 0.220 e. The van der Waals surface area contributed by atoms with Crippen LogP contribution in [0.2, 0.25) is 0 Å². The van der Waals surface area contributed by atoms with Crippen LogP contribution >= 0.6 is 0 Å². The summed E-state index contributed by atoms with van der Waals surface area (Å²) in [6.07, 6.45) is 41.5. The lowest BCUT2D eigenvalue weighted by atomic mass is 9.96. The van der Waals surface area contributed by atoms with Gasteiger partial charge in [0.25, 0.3) is 0 Å². The van der Waals surface area contributed by atoms with Crippen LogP contribution < -0.4 is 5.32 Å². The zero-order valence-corrected chi connectivity index (χ0v) is 59.7. The van der Waals surface area contributed by atoms with E-state index in [2.05, 4.69) is 43.5 Å². The summed E-state index contributed by atoms with van der Waals surface area (Å²) in [4.78, 5) is 13.4. The standard InChI is InChI=1S/C76H143NO18/c1-3-5-7-9-11-13-15-17-18-19-20-21-22-23-24-25-26-27-28-29-30-31-32-33-34-35-36-37-38-39-40-42-44-46-48-50-52-54-64(82)77-59(60(81)53-51-49-47-45-43-41-16-14-12-10-8-6-4-2)58-90-74-70(88)67(85)72(62(56-79)92-74)95-76-71(89)68(86)73(63(57-80)93-76)94-75-69(87)66(84)65(83)61(55-78)91-75/h15,17,19-20,59-63,65-76,78-81,83-89H,3-14,16,18,21-58H2,1-2H3,(H,77,82)/b17-15-,20-19-. The smallest absolute Gasteiger partial charge is 0.220 e. The minimum absolute atomic E-state index is 0.237. The molecular formula is C76H143NO18. The van der Waals surface area contributed by atoms with Crippen LogP contribution in [0.5, 0.6) is 0 Å². The molecule has 3 rings (SSSR count). The number of ether oxygens (including phenoxy) is 6. The Kier molecular flexibility index (Phi) is 53.3. The zero-order chi connectivity index (χ0) is 68.9. The van der Waals surface area contributed by atoms with Crippen LogP contribution in [0.25, 0.3) is 0 Å². The van der Waals surface area contributed by atoms with E-state index < -0.39 is 124 Å². The molecule has 3 saturated heterocycles. The molecule has 1 amide bonds. The Morgan fingerprint density at radius 1 is 0.379 bits per heavy atom. The Labute approximate surface area is 575 Å². The minimum atomic E-state index is -1.97. The molecular weight excluding hydrogens is 1210 g/mol. The van der Waals surface area contributed by atoms with Crippen molar-refractivity contribution in [2.24, 2.45) is 0 Å². The molecule has 0 aliphatic carbocycles. The van der Waals surface area contributed by atoms with Gasteiger partial charge in [0.05, 0.1) is 38.6 Å². The van der Waals surface area contributed by atoms with Gasteiger partial charge in [-0.1, -0.05) is 295 Å². The first-order valence-corrected chi connectivity index (χ1v) is 39.1. The summed E-state index contributed by atoms with van der Waals surface area (Å²) in [5, 5.41) is 121. The molecule has 0 bridgehead atoms. The fourth-order valence-corrected chi connectivity index (χ4v) is 13.5. The molecule has 0 saturated carbocycles. The highest BCUT2D eigenvalue weighted by molar-refractivity contribution is 5.76. The number of nitrogens with one attached hydrogen (secondary N) is 1. The first-order valence-electron chi connectivity index (χ1n) is 39.1. The molecule has 0 radical (unpaired) electrons. The normalized spacial score (nSPS) is 27.3. The van der Waals surface area contributed by atoms with Gasteiger partial charge in [-0.15, -0.1) is 0 Å². The van der Waals surface area contributed by atoms with Gasteiger partial charge in [0.2, 0.25) is 5.91 Å². The number of allylic oxidation sites excluding steroid dienone is 4. The van der Waals surface area contributed by atoms with E-state index in [1.54, 1.807) is 0 Å². The van der Waals surface area contributed by atoms with E-state index in [1.807, 2.05) is 0 Å². The molecule has 12 N–H and O–H groups in total. The van der Waals surface area contributed by atoms with E-state index in [4.69, 9.17) is 28.4 Å². The zero-order valence-electron chi connectivity index (χ0n) is 59.7. The fraction of sp³-hybridized carbons (Fsp3) is 0.934. The highest BCUT2D eigenvalue weighted by Crippen LogP contribution is 2.33. The number of hydrogen-bond acceptors (Lipinski definition) is 18. The van der Waals surface area contributed by atoms with Crippen molar-refractivity contribution in [2.45, 2.75) is 426 Å². The second-order valence-electron chi connectivity index (χ2n) is 28.2. The second-order valence-corrected chi connectivity index (χ2v) is 28.2. The molecule has 3 heterocycles. The summed E-state index contributed by atoms with van der Waals surface area (Å²) < 4.78 is 34.4. The number of carbonyl (C=O) groups is 1. The van der Waals surface area contributed by atoms with Crippen molar-refractivity contribution in [1.29, 1.82) is 0 Å². The maximum absolute atomic E-state index is 13.4. The molecule has 560 valence electrons. The van der Waals surface area contributed by atoms with Gasteiger partial charge < -0.3 is 89.9 Å². The maximum atomic E-state index is 13.4. The minimum Gasteiger partial charge on any atom is -0.394 e. The van der Waals surface area contributed by atoms with Crippen molar-refractivity contribution >= 4 is 5.91 Å². The fourth-order valence-electron chi connectivity index (χ4n) is 13.5. The number of unbranched alkanes of at least 4 members (excludes halogenated alkanes) is 42. The molecule has 3 aliphatic rings. The highest BCUT2D eigenvalue weighted by Gasteiger charge is 2.54. The van der Waals surface area contributed by atoms with Crippen LogP contribution in [-0.2, 0) is 33.2 Å². The Hall–Kier alpha value is -1.73. The van der Waals surface area contributed by atoms with Gasteiger partial charge in [-0.2, -0.15) is 0 Å². The topological polar surface area (TPSA) is 307 Å². The first-order chi connectivity index (χ1) is 46.3. The lowest BCUT2D eigenvalue weighted by Crippen LogP contribution is -2.66. The molecule has 19 heteroatoms. The van der Waals surface area contributed by atoms with Crippen molar-refractivity contribution in [3.63, 3.8) is 0 Å². The molecule has 17 unspecified atom stereocenters. The van der Waals surface area contributed by atoms with Gasteiger partial charge in [-0.3, -0.25) is 4.79 Å². The summed E-state index contributed by atoms with van der Waals surface area (Å²) in [5.74, 6) is -0.237. The van der Waals surface area contributed by atoms with Crippen molar-refractivity contribution in [3.05, 3.63) is 24.3 Å². The average Bonchev–Trinajstić information content (AvgIpc) is 0.791. The van der Waals surface area contributed by atoms with Crippen molar-refractivity contribution in [1.82, 2.24) is 5.32 Å². The summed E-state index contributed by atoms with van der Waals surface area (Å²) >= 11 is 0. The summed E-state index contributed by atoms with van der Waals surface area (Å²) in [5.41, 5.74) is 0. The Bertz CT molecular complexity index is 1810. The van der Waals surface area contributed by atoms with Crippen LogP contribution in [0.4, 0.5) is 0 Å². The highest BCUT2D eigenvalue weighted by atomic mass is 16.8. The summed E-state index contributed by atoms with van der Waals surface area (Å²) in [7, 11) is 0. The number of aliphatic hydroxyl groups excluding tert-OH is 11. The van der Waals surface area contributed by atoms with Crippen LogP contribution in [0.3, 0.4) is 0 Å². The van der Waals surface area contributed by atoms with Gasteiger partial charge in [-0.05, 0) is 44.9 Å². The predicted octanol–water partition coefficient (Wildman–Crippen LogP) is 12.2. The monoisotopic (exact) mass is 1360 g/mol. The Morgan fingerprint density at radius 2 is 0.695 bits per heavy atom. The van der Waals surface area contributed by atoms with Gasteiger partial charge in [-0.25, -0.2) is 0 Å². The Balaban J connectivity index is 1.29. The van der Waals surface area contributed by atoms with Gasteiger partial charge in [0, 0.05) is 6.42 Å².